The number of carbonyl (C=O) groups excluding carboxylic acids is 4. The van der Waals surface area contributed by atoms with Crippen LogP contribution in [0, 0.1) is 5.41 Å². The molecule has 1 aliphatic heterocycles. The van der Waals surface area contributed by atoms with E-state index in [1.165, 1.54) is 24.3 Å². The summed E-state index contributed by atoms with van der Waals surface area (Å²) in [5.74, 6) is -4.57. The smallest absolute Gasteiger partial charge is 0.338 e. The van der Waals surface area contributed by atoms with Gasteiger partial charge in [-0.05, 0) is 12.1 Å². The second kappa shape index (κ2) is 9.49. The van der Waals surface area contributed by atoms with Crippen LogP contribution in [0.15, 0.2) is 24.3 Å². The number of nitrogens with zero attached hydrogens (tertiary/aromatic N) is 2. The number of hydrogen-bond acceptors (Lipinski definition) is 7. The highest BCUT2D eigenvalue weighted by atomic mass is 16.5. The van der Waals surface area contributed by atoms with Crippen molar-refractivity contribution in [1.82, 2.24) is 15.1 Å². The number of carbonyl (C=O) groups is 5. The largest absolute Gasteiger partial charge is 0.480 e. The number of hydrogen-bond donors (Lipinski definition) is 4. The van der Waals surface area contributed by atoms with Gasteiger partial charge in [-0.1, -0.05) is 12.1 Å². The Balaban J connectivity index is 2.06. The molecule has 0 saturated carbocycles. The van der Waals surface area contributed by atoms with E-state index in [-0.39, 0.29) is 24.5 Å². The molecule has 0 unspecified atom stereocenters. The van der Waals surface area contributed by atoms with E-state index in [4.69, 9.17) is 16.2 Å². The topological polar surface area (TPSA) is 183 Å². The number of esters is 1. The molecule has 0 aliphatic carbocycles. The number of amidine groups is 1. The lowest BCUT2D eigenvalue weighted by Gasteiger charge is -2.38. The van der Waals surface area contributed by atoms with E-state index in [2.05, 4.69) is 10.1 Å². The van der Waals surface area contributed by atoms with Crippen molar-refractivity contribution in [2.24, 2.45) is 5.73 Å². The second-order valence-corrected chi connectivity index (χ2v) is 6.34. The van der Waals surface area contributed by atoms with Crippen LogP contribution < -0.4 is 11.1 Å². The van der Waals surface area contributed by atoms with E-state index in [1.807, 2.05) is 0 Å². The number of ether oxygens (including phenoxy) is 1. The molecule has 0 aromatic heterocycles. The van der Waals surface area contributed by atoms with Gasteiger partial charge >= 0.3 is 11.9 Å². The molecule has 12 nitrogen and oxygen atoms in total. The fraction of sp³-hybridized carbons (Fsp3) is 0.333. The Morgan fingerprint density at radius 1 is 1.20 bits per heavy atom. The molecule has 5 N–H and O–H groups in total. The third kappa shape index (κ3) is 5.10. The number of carboxylic acids is 1. The van der Waals surface area contributed by atoms with Crippen LogP contribution in [0.1, 0.15) is 15.9 Å². The average Bonchev–Trinajstić information content (AvgIpc) is 2.72. The number of amides is 3. The fourth-order valence-corrected chi connectivity index (χ4v) is 2.86. The van der Waals surface area contributed by atoms with Gasteiger partial charge in [-0.25, -0.2) is 4.79 Å². The van der Waals surface area contributed by atoms with Crippen molar-refractivity contribution >= 4 is 35.5 Å². The molecule has 1 fully saturated rings. The molecule has 1 saturated heterocycles. The average molecular weight is 419 g/mol. The molecular formula is C18H21N5O7. The van der Waals surface area contributed by atoms with Crippen LogP contribution in [0.3, 0.4) is 0 Å². The first-order valence-corrected chi connectivity index (χ1v) is 8.76. The third-order valence-corrected chi connectivity index (χ3v) is 4.40. The van der Waals surface area contributed by atoms with Gasteiger partial charge in [-0.2, -0.15) is 0 Å². The quantitative estimate of drug-likeness (QED) is 0.169. The van der Waals surface area contributed by atoms with Gasteiger partial charge in [0.25, 0.3) is 11.8 Å². The monoisotopic (exact) mass is 419 g/mol. The third-order valence-electron chi connectivity index (χ3n) is 4.40. The summed E-state index contributed by atoms with van der Waals surface area (Å²) in [6, 6.07) is 4.20. The van der Waals surface area contributed by atoms with Gasteiger partial charge in [0, 0.05) is 24.2 Å². The van der Waals surface area contributed by atoms with Gasteiger partial charge in [0.1, 0.15) is 12.4 Å². The lowest BCUT2D eigenvalue weighted by molar-refractivity contribution is -0.166. The highest BCUT2D eigenvalue weighted by Crippen LogP contribution is 2.13. The zero-order valence-electron chi connectivity index (χ0n) is 16.1. The maximum absolute atomic E-state index is 12.6. The van der Waals surface area contributed by atoms with Crippen molar-refractivity contribution in [1.29, 1.82) is 5.41 Å². The molecule has 2 rings (SSSR count). The summed E-state index contributed by atoms with van der Waals surface area (Å²) in [5, 5.41) is 18.6. The van der Waals surface area contributed by atoms with Gasteiger partial charge in [-0.15, -0.1) is 0 Å². The number of nitrogens with two attached hydrogens (primary N) is 1. The minimum Gasteiger partial charge on any atom is -0.480 e. The molecule has 1 aliphatic rings. The van der Waals surface area contributed by atoms with Crippen molar-refractivity contribution < 1.29 is 33.8 Å². The Morgan fingerprint density at radius 2 is 1.80 bits per heavy atom. The van der Waals surface area contributed by atoms with Crippen LogP contribution in [0.4, 0.5) is 0 Å². The van der Waals surface area contributed by atoms with Crippen LogP contribution in [0.2, 0.25) is 0 Å². The lowest BCUT2D eigenvalue weighted by Crippen LogP contribution is -2.63. The number of piperazine rings is 1. The Hall–Kier alpha value is -3.96. The molecule has 160 valence electrons. The molecule has 12 heteroatoms. The van der Waals surface area contributed by atoms with Crippen molar-refractivity contribution in [3.05, 3.63) is 35.4 Å². The number of methoxy groups -OCH3 is 1. The van der Waals surface area contributed by atoms with Crippen molar-refractivity contribution in [2.75, 3.05) is 33.3 Å². The zero-order valence-corrected chi connectivity index (χ0v) is 16.1. The predicted octanol–water partition coefficient (Wildman–Crippen LogP) is -2.00. The highest BCUT2D eigenvalue weighted by Gasteiger charge is 2.43. The molecule has 1 atom stereocenters. The van der Waals surface area contributed by atoms with Crippen molar-refractivity contribution in [2.45, 2.75) is 6.04 Å². The molecule has 1 heterocycles. The van der Waals surface area contributed by atoms with Crippen molar-refractivity contribution in [3.8, 4) is 0 Å². The van der Waals surface area contributed by atoms with Crippen LogP contribution in [-0.4, -0.2) is 89.7 Å². The highest BCUT2D eigenvalue weighted by molar-refractivity contribution is 6.06. The SMILES string of the molecule is COC(=O)[C@H]1C(=O)N(CC(=O)O)CCN1C(=O)CNC(=O)c1ccc(C(=N)N)cc1. The number of nitrogens with one attached hydrogen (secondary N) is 2. The number of carboxylic acid groups (broad SMARTS) is 1. The van der Waals surface area contributed by atoms with Gasteiger partial charge in [-0.3, -0.25) is 24.6 Å². The molecule has 30 heavy (non-hydrogen) atoms. The summed E-state index contributed by atoms with van der Waals surface area (Å²) in [5.41, 5.74) is 6.00. The maximum Gasteiger partial charge on any atom is 0.338 e. The number of benzene rings is 1. The fourth-order valence-electron chi connectivity index (χ4n) is 2.86. The van der Waals surface area contributed by atoms with Gasteiger partial charge in [0.2, 0.25) is 11.9 Å². The Bertz CT molecular complexity index is 883. The molecule has 0 bridgehead atoms. The molecule has 0 spiro atoms. The standard InChI is InChI=1S/C18H21N5O7/c1-30-18(29)14-17(28)22(9-13(25)26)6-7-23(14)12(24)8-21-16(27)11-4-2-10(3-5-11)15(19)20/h2-5,14H,6-9H2,1H3,(H3,19,20)(H,21,27)(H,25,26)/t14-/m1/s1. The second-order valence-electron chi connectivity index (χ2n) is 6.34. The van der Waals surface area contributed by atoms with Gasteiger partial charge < -0.3 is 30.7 Å². The van der Waals surface area contributed by atoms with Gasteiger partial charge in [0.05, 0.1) is 13.7 Å². The number of aliphatic carboxylic acids is 1. The number of rotatable bonds is 7. The van der Waals surface area contributed by atoms with Crippen LogP contribution in [0.5, 0.6) is 0 Å². The van der Waals surface area contributed by atoms with Crippen LogP contribution in [0.25, 0.3) is 0 Å². The summed E-state index contributed by atoms with van der Waals surface area (Å²) in [7, 11) is 1.04. The van der Waals surface area contributed by atoms with E-state index < -0.39 is 48.8 Å². The summed E-state index contributed by atoms with van der Waals surface area (Å²) in [4.78, 5) is 62.1. The molecular weight excluding hydrogens is 398 g/mol. The van der Waals surface area contributed by atoms with Gasteiger partial charge in [0.15, 0.2) is 0 Å². The first-order valence-electron chi connectivity index (χ1n) is 8.76. The maximum atomic E-state index is 12.6. The Kier molecular flexibility index (Phi) is 7.07. The lowest BCUT2D eigenvalue weighted by atomic mass is 10.1. The first kappa shape index (κ1) is 22.3. The van der Waals surface area contributed by atoms with E-state index in [0.29, 0.717) is 5.56 Å². The van der Waals surface area contributed by atoms with Crippen LogP contribution in [-0.2, 0) is 23.9 Å². The van der Waals surface area contributed by atoms with E-state index in [0.717, 1.165) is 16.9 Å². The summed E-state index contributed by atoms with van der Waals surface area (Å²) in [6.45, 7) is -1.28. The van der Waals surface area contributed by atoms with E-state index in [1.54, 1.807) is 0 Å². The Labute approximate surface area is 171 Å². The van der Waals surface area contributed by atoms with Crippen molar-refractivity contribution in [3.63, 3.8) is 0 Å². The summed E-state index contributed by atoms with van der Waals surface area (Å²) in [6.07, 6.45) is 0. The summed E-state index contributed by atoms with van der Waals surface area (Å²) >= 11 is 0. The molecule has 3 amide bonds. The molecule has 1 aromatic carbocycles. The van der Waals surface area contributed by atoms with E-state index in [9.17, 15) is 24.0 Å². The Morgan fingerprint density at radius 3 is 2.33 bits per heavy atom. The number of nitrogen functional groups attached to an aromatic ring is 1. The van der Waals surface area contributed by atoms with Crippen LogP contribution >= 0.6 is 0 Å². The van der Waals surface area contributed by atoms with E-state index >= 15 is 0 Å². The minimum atomic E-state index is -1.62. The normalized spacial score (nSPS) is 16.0. The zero-order chi connectivity index (χ0) is 22.4. The molecule has 1 aromatic rings. The summed E-state index contributed by atoms with van der Waals surface area (Å²) < 4.78 is 4.58. The molecule has 0 radical (unpaired) electrons. The minimum absolute atomic E-state index is 0.0785. The predicted molar refractivity (Wildman–Crippen MR) is 102 cm³/mol. The first-order chi connectivity index (χ1) is 14.1.